The van der Waals surface area contributed by atoms with Gasteiger partial charge < -0.3 is 0 Å². The van der Waals surface area contributed by atoms with Crippen LogP contribution in [-0.2, 0) is 0 Å². The summed E-state index contributed by atoms with van der Waals surface area (Å²) < 4.78 is 0. The molecule has 0 radical (unpaired) electrons. The van der Waals surface area contributed by atoms with E-state index in [2.05, 4.69) is 4.99 Å². The fourth-order valence-corrected chi connectivity index (χ4v) is 1.20. The third kappa shape index (κ3) is 2.08. The molecule has 2 heteroatoms. The highest BCUT2D eigenvalue weighted by atomic mass is 35.5. The van der Waals surface area contributed by atoms with Gasteiger partial charge in [0.1, 0.15) is 0 Å². The predicted octanol–water partition coefficient (Wildman–Crippen LogP) is 3.24. The predicted molar refractivity (Wildman–Crippen MR) is 54.8 cm³/mol. The van der Waals surface area contributed by atoms with E-state index in [1.165, 1.54) is 11.1 Å². The van der Waals surface area contributed by atoms with Crippen molar-refractivity contribution in [2.45, 2.75) is 13.8 Å². The highest BCUT2D eigenvalue weighted by molar-refractivity contribution is 6.24. The Kier molecular flexibility index (Phi) is 3.30. The summed E-state index contributed by atoms with van der Waals surface area (Å²) in [5, 5.41) is 0. The van der Waals surface area contributed by atoms with E-state index in [1.54, 1.807) is 6.21 Å². The van der Waals surface area contributed by atoms with Crippen LogP contribution in [0.4, 0.5) is 5.69 Å². The van der Waals surface area contributed by atoms with Crippen molar-refractivity contribution in [3.8, 4) is 0 Å². The molecule has 0 aliphatic rings. The molecule has 1 aromatic carbocycles. The number of para-hydroxylation sites is 1. The van der Waals surface area contributed by atoms with Gasteiger partial charge in [0.05, 0.1) is 11.6 Å². The normalized spacial score (nSPS) is 10.9. The van der Waals surface area contributed by atoms with Crippen molar-refractivity contribution >= 4 is 23.5 Å². The Labute approximate surface area is 78.1 Å². The van der Waals surface area contributed by atoms with Gasteiger partial charge in [-0.3, -0.25) is 4.99 Å². The summed E-state index contributed by atoms with van der Waals surface area (Å²) in [6.07, 6.45) is 1.72. The molecule has 0 spiro atoms. The van der Waals surface area contributed by atoms with Gasteiger partial charge in [-0.15, -0.1) is 11.6 Å². The molecule has 0 heterocycles. The lowest BCUT2D eigenvalue weighted by Crippen LogP contribution is -1.81. The van der Waals surface area contributed by atoms with E-state index in [1.807, 2.05) is 32.0 Å². The van der Waals surface area contributed by atoms with E-state index in [0.29, 0.717) is 5.88 Å². The van der Waals surface area contributed by atoms with Crippen LogP contribution in [0.5, 0.6) is 0 Å². The van der Waals surface area contributed by atoms with Gasteiger partial charge in [0.15, 0.2) is 0 Å². The number of rotatable bonds is 2. The zero-order chi connectivity index (χ0) is 8.97. The van der Waals surface area contributed by atoms with E-state index in [-0.39, 0.29) is 0 Å². The van der Waals surface area contributed by atoms with Gasteiger partial charge in [-0.25, -0.2) is 0 Å². The molecule has 0 saturated carbocycles. The summed E-state index contributed by atoms with van der Waals surface area (Å²) in [6, 6.07) is 6.13. The highest BCUT2D eigenvalue weighted by Gasteiger charge is 1.97. The third-order valence-electron chi connectivity index (χ3n) is 1.73. The zero-order valence-corrected chi connectivity index (χ0v) is 8.10. The van der Waals surface area contributed by atoms with E-state index in [0.717, 1.165) is 5.69 Å². The third-order valence-corrected chi connectivity index (χ3v) is 1.87. The lowest BCUT2D eigenvalue weighted by molar-refractivity contribution is 1.33. The first-order valence-corrected chi connectivity index (χ1v) is 4.44. The molecule has 0 N–H and O–H groups in total. The average molecular weight is 182 g/mol. The van der Waals surface area contributed by atoms with E-state index < -0.39 is 0 Å². The molecule has 0 amide bonds. The van der Waals surface area contributed by atoms with Gasteiger partial charge in [-0.1, -0.05) is 18.2 Å². The molecule has 0 atom stereocenters. The van der Waals surface area contributed by atoms with E-state index in [9.17, 15) is 0 Å². The molecule has 0 unspecified atom stereocenters. The van der Waals surface area contributed by atoms with Crippen molar-refractivity contribution in [1.82, 2.24) is 0 Å². The molecule has 0 fully saturated rings. The number of hydrogen-bond acceptors (Lipinski definition) is 1. The Balaban J connectivity index is 3.04. The number of aliphatic imine (C=N–C) groups is 1. The van der Waals surface area contributed by atoms with Crippen LogP contribution in [0.25, 0.3) is 0 Å². The number of aryl methyl sites for hydroxylation is 2. The first-order valence-electron chi connectivity index (χ1n) is 3.90. The van der Waals surface area contributed by atoms with Crippen LogP contribution in [0.15, 0.2) is 23.2 Å². The number of hydrogen-bond donors (Lipinski definition) is 0. The van der Waals surface area contributed by atoms with Crippen molar-refractivity contribution in [2.24, 2.45) is 4.99 Å². The molecule has 0 aliphatic heterocycles. The number of benzene rings is 1. The van der Waals surface area contributed by atoms with Gasteiger partial charge in [-0.2, -0.15) is 0 Å². The maximum absolute atomic E-state index is 5.51. The molecule has 1 aromatic rings. The molecule has 64 valence electrons. The van der Waals surface area contributed by atoms with Crippen molar-refractivity contribution in [3.05, 3.63) is 29.3 Å². The van der Waals surface area contributed by atoms with Gasteiger partial charge >= 0.3 is 0 Å². The maximum Gasteiger partial charge on any atom is 0.0684 e. The summed E-state index contributed by atoms with van der Waals surface area (Å²) in [5.74, 6) is 0.466. The Morgan fingerprint density at radius 1 is 1.33 bits per heavy atom. The Morgan fingerprint density at radius 2 is 1.92 bits per heavy atom. The van der Waals surface area contributed by atoms with Crippen LogP contribution in [0, 0.1) is 13.8 Å². The molecule has 1 nitrogen and oxygen atoms in total. The Morgan fingerprint density at radius 3 is 2.42 bits per heavy atom. The summed E-state index contributed by atoms with van der Waals surface area (Å²) in [7, 11) is 0. The number of nitrogens with zero attached hydrogens (tertiary/aromatic N) is 1. The smallest absolute Gasteiger partial charge is 0.0684 e. The summed E-state index contributed by atoms with van der Waals surface area (Å²) in [4.78, 5) is 4.27. The number of halogens is 1. The second-order valence-corrected chi connectivity index (χ2v) is 3.01. The lowest BCUT2D eigenvalue weighted by Gasteiger charge is -2.02. The van der Waals surface area contributed by atoms with Crippen molar-refractivity contribution in [3.63, 3.8) is 0 Å². The largest absolute Gasteiger partial charge is 0.259 e. The van der Waals surface area contributed by atoms with Crippen LogP contribution < -0.4 is 0 Å². The van der Waals surface area contributed by atoms with Crippen LogP contribution in [-0.4, -0.2) is 12.1 Å². The second-order valence-electron chi connectivity index (χ2n) is 2.71. The molecule has 0 saturated heterocycles. The van der Waals surface area contributed by atoms with Gasteiger partial charge in [-0.05, 0) is 25.0 Å². The van der Waals surface area contributed by atoms with Crippen molar-refractivity contribution < 1.29 is 0 Å². The molecular weight excluding hydrogens is 170 g/mol. The van der Waals surface area contributed by atoms with Crippen molar-refractivity contribution in [1.29, 1.82) is 0 Å². The molecule has 1 rings (SSSR count). The van der Waals surface area contributed by atoms with Gasteiger partial charge in [0.2, 0.25) is 0 Å². The van der Waals surface area contributed by atoms with Crippen molar-refractivity contribution in [2.75, 3.05) is 5.88 Å². The van der Waals surface area contributed by atoms with Gasteiger partial charge in [0, 0.05) is 6.21 Å². The van der Waals surface area contributed by atoms with Crippen LogP contribution in [0.1, 0.15) is 11.1 Å². The molecular formula is C10H12ClN. The second kappa shape index (κ2) is 4.27. The van der Waals surface area contributed by atoms with Crippen LogP contribution in [0.2, 0.25) is 0 Å². The van der Waals surface area contributed by atoms with Crippen LogP contribution >= 0.6 is 11.6 Å². The minimum absolute atomic E-state index is 0.466. The SMILES string of the molecule is Cc1cccc(C)c1N=CCCl. The minimum atomic E-state index is 0.466. The van der Waals surface area contributed by atoms with E-state index in [4.69, 9.17) is 11.6 Å². The first-order chi connectivity index (χ1) is 5.75. The molecule has 0 bridgehead atoms. The molecule has 12 heavy (non-hydrogen) atoms. The number of alkyl halides is 1. The molecule has 0 aromatic heterocycles. The molecule has 0 aliphatic carbocycles. The summed E-state index contributed by atoms with van der Waals surface area (Å²) in [6.45, 7) is 4.10. The van der Waals surface area contributed by atoms with Crippen LogP contribution in [0.3, 0.4) is 0 Å². The van der Waals surface area contributed by atoms with Gasteiger partial charge in [0.25, 0.3) is 0 Å². The maximum atomic E-state index is 5.51. The fourth-order valence-electron chi connectivity index (χ4n) is 1.14. The average Bonchev–Trinajstić information content (AvgIpc) is 2.04. The quantitative estimate of drug-likeness (QED) is 0.491. The van der Waals surface area contributed by atoms with E-state index >= 15 is 0 Å². The lowest BCUT2D eigenvalue weighted by atomic mass is 10.1. The fraction of sp³-hybridized carbons (Fsp3) is 0.300. The first kappa shape index (κ1) is 9.27. The monoisotopic (exact) mass is 181 g/mol. The standard InChI is InChI=1S/C10H12ClN/c1-8-4-3-5-9(2)10(8)12-7-6-11/h3-5,7H,6H2,1-2H3. The Hall–Kier alpha value is -0.820. The Bertz CT molecular complexity index is 272. The minimum Gasteiger partial charge on any atom is -0.259 e. The highest BCUT2D eigenvalue weighted by Crippen LogP contribution is 2.22. The zero-order valence-electron chi connectivity index (χ0n) is 7.34. The summed E-state index contributed by atoms with van der Waals surface area (Å²) >= 11 is 5.51. The summed E-state index contributed by atoms with van der Waals surface area (Å²) in [5.41, 5.74) is 3.42. The topological polar surface area (TPSA) is 12.4 Å².